The lowest BCUT2D eigenvalue weighted by Gasteiger charge is -2.15. The third kappa shape index (κ3) is 6.63. The van der Waals surface area contributed by atoms with Gasteiger partial charge in [-0.25, -0.2) is 4.39 Å². The van der Waals surface area contributed by atoms with Crippen molar-refractivity contribution in [3.05, 3.63) is 53.3 Å². The van der Waals surface area contributed by atoms with Crippen LogP contribution in [0.5, 0.6) is 17.2 Å². The molecule has 0 aliphatic heterocycles. The quantitative estimate of drug-likeness (QED) is 0.645. The maximum Gasteiger partial charge on any atom is 0.422 e. The molecule has 27 heavy (non-hydrogen) atoms. The Morgan fingerprint density at radius 3 is 2.07 bits per heavy atom. The number of ether oxygens (including phenoxy) is 3. The lowest BCUT2D eigenvalue weighted by atomic mass is 10.1. The molecule has 0 bridgehead atoms. The number of nitrogens with one attached hydrogen (secondary N) is 1. The monoisotopic (exact) mass is 387 g/mol. The third-order valence-electron chi connectivity index (χ3n) is 3.57. The van der Waals surface area contributed by atoms with Crippen molar-refractivity contribution in [2.45, 2.75) is 26.2 Å². The van der Waals surface area contributed by atoms with Crippen molar-refractivity contribution < 1.29 is 31.8 Å². The molecule has 0 saturated heterocycles. The highest BCUT2D eigenvalue weighted by Gasteiger charge is 2.29. The van der Waals surface area contributed by atoms with E-state index in [-0.39, 0.29) is 17.2 Å². The molecule has 1 N–H and O–H groups in total. The summed E-state index contributed by atoms with van der Waals surface area (Å²) in [6.45, 7) is 1.49. The van der Waals surface area contributed by atoms with Crippen molar-refractivity contribution in [1.82, 2.24) is 5.32 Å². The Bertz CT molecular complexity index is 750. The Kier molecular flexibility index (Phi) is 7.29. The van der Waals surface area contributed by atoms with Crippen LogP contribution in [0.4, 0.5) is 17.6 Å². The summed E-state index contributed by atoms with van der Waals surface area (Å²) in [4.78, 5) is 0. The van der Waals surface area contributed by atoms with E-state index in [1.165, 1.54) is 19.2 Å². The van der Waals surface area contributed by atoms with Crippen LogP contribution in [0.1, 0.15) is 18.1 Å². The zero-order valence-corrected chi connectivity index (χ0v) is 15.0. The zero-order chi connectivity index (χ0) is 19.9. The minimum Gasteiger partial charge on any atom is -0.494 e. The Morgan fingerprint density at radius 2 is 1.52 bits per heavy atom. The first-order valence-electron chi connectivity index (χ1n) is 8.30. The van der Waals surface area contributed by atoms with Crippen LogP contribution in [0.25, 0.3) is 0 Å². The van der Waals surface area contributed by atoms with Gasteiger partial charge in [-0.15, -0.1) is 0 Å². The van der Waals surface area contributed by atoms with Gasteiger partial charge in [-0.1, -0.05) is 12.1 Å². The predicted molar refractivity (Wildman–Crippen MR) is 92.7 cm³/mol. The van der Waals surface area contributed by atoms with E-state index in [0.29, 0.717) is 19.7 Å². The van der Waals surface area contributed by atoms with Crippen molar-refractivity contribution in [3.8, 4) is 17.2 Å². The van der Waals surface area contributed by atoms with Gasteiger partial charge in [-0.2, -0.15) is 13.2 Å². The summed E-state index contributed by atoms with van der Waals surface area (Å²) in [5, 5.41) is 3.14. The predicted octanol–water partition coefficient (Wildman–Crippen LogP) is 4.46. The Morgan fingerprint density at radius 1 is 0.889 bits per heavy atom. The van der Waals surface area contributed by atoms with Crippen molar-refractivity contribution in [3.63, 3.8) is 0 Å². The molecule has 0 heterocycles. The molecule has 2 aromatic carbocycles. The highest BCUT2D eigenvalue weighted by atomic mass is 19.4. The van der Waals surface area contributed by atoms with E-state index in [2.05, 4.69) is 5.32 Å². The van der Waals surface area contributed by atoms with Crippen LogP contribution < -0.4 is 19.5 Å². The molecule has 0 saturated carbocycles. The van der Waals surface area contributed by atoms with Crippen LogP contribution in [0, 0.1) is 5.82 Å². The summed E-state index contributed by atoms with van der Waals surface area (Å²) in [6, 6.07) is 9.39. The molecule has 4 nitrogen and oxygen atoms in total. The fraction of sp³-hybridized carbons (Fsp3) is 0.368. The second kappa shape index (κ2) is 9.45. The van der Waals surface area contributed by atoms with Crippen LogP contribution in [0.15, 0.2) is 36.4 Å². The van der Waals surface area contributed by atoms with Crippen LogP contribution in [-0.2, 0) is 13.1 Å². The minimum atomic E-state index is -4.42. The molecule has 0 aliphatic rings. The number of rotatable bonds is 9. The van der Waals surface area contributed by atoms with Gasteiger partial charge in [-0.05, 0) is 42.3 Å². The van der Waals surface area contributed by atoms with Crippen LogP contribution in [0.2, 0.25) is 0 Å². The van der Waals surface area contributed by atoms with Crippen LogP contribution >= 0.6 is 0 Å². The number of benzene rings is 2. The molecule has 0 unspecified atom stereocenters. The third-order valence-corrected chi connectivity index (χ3v) is 3.57. The topological polar surface area (TPSA) is 39.7 Å². The van der Waals surface area contributed by atoms with E-state index >= 15 is 0 Å². The summed E-state index contributed by atoms with van der Waals surface area (Å²) in [7, 11) is 1.40. The fourth-order valence-electron chi connectivity index (χ4n) is 2.38. The van der Waals surface area contributed by atoms with Gasteiger partial charge in [0.05, 0.1) is 13.7 Å². The summed E-state index contributed by atoms with van der Waals surface area (Å²) < 4.78 is 65.7. The van der Waals surface area contributed by atoms with Crippen LogP contribution in [-0.4, -0.2) is 26.5 Å². The lowest BCUT2D eigenvalue weighted by Crippen LogP contribution is -2.19. The van der Waals surface area contributed by atoms with E-state index in [0.717, 1.165) is 11.1 Å². The van der Waals surface area contributed by atoms with E-state index in [1.54, 1.807) is 31.2 Å². The first-order chi connectivity index (χ1) is 12.8. The molecule has 0 radical (unpaired) electrons. The molecule has 0 spiro atoms. The van der Waals surface area contributed by atoms with Crippen molar-refractivity contribution in [1.29, 1.82) is 0 Å². The first-order valence-corrected chi connectivity index (χ1v) is 8.30. The summed E-state index contributed by atoms with van der Waals surface area (Å²) >= 11 is 0. The highest BCUT2D eigenvalue weighted by Crippen LogP contribution is 2.30. The zero-order valence-electron chi connectivity index (χ0n) is 15.0. The van der Waals surface area contributed by atoms with Gasteiger partial charge in [0.2, 0.25) is 0 Å². The van der Waals surface area contributed by atoms with Gasteiger partial charge in [0.15, 0.2) is 29.7 Å². The highest BCUT2D eigenvalue weighted by molar-refractivity contribution is 5.43. The second-order valence-electron chi connectivity index (χ2n) is 5.69. The average molecular weight is 387 g/mol. The molecule has 148 valence electrons. The lowest BCUT2D eigenvalue weighted by molar-refractivity contribution is -0.153. The van der Waals surface area contributed by atoms with Gasteiger partial charge in [0, 0.05) is 13.1 Å². The molecule has 0 amide bonds. The maximum absolute atomic E-state index is 13.7. The Balaban J connectivity index is 1.97. The summed E-state index contributed by atoms with van der Waals surface area (Å²) in [5.74, 6) is 0.0165. The van der Waals surface area contributed by atoms with E-state index in [9.17, 15) is 17.6 Å². The number of hydrogen-bond acceptors (Lipinski definition) is 4. The molecule has 0 fully saturated rings. The second-order valence-corrected chi connectivity index (χ2v) is 5.69. The van der Waals surface area contributed by atoms with Gasteiger partial charge in [-0.3, -0.25) is 0 Å². The van der Waals surface area contributed by atoms with Gasteiger partial charge >= 0.3 is 6.18 Å². The fourth-order valence-corrected chi connectivity index (χ4v) is 2.38. The van der Waals surface area contributed by atoms with Crippen LogP contribution in [0.3, 0.4) is 0 Å². The van der Waals surface area contributed by atoms with Gasteiger partial charge in [0.25, 0.3) is 0 Å². The number of methoxy groups -OCH3 is 1. The molecule has 0 aromatic heterocycles. The van der Waals surface area contributed by atoms with Gasteiger partial charge < -0.3 is 19.5 Å². The van der Waals surface area contributed by atoms with E-state index < -0.39 is 18.6 Å². The van der Waals surface area contributed by atoms with E-state index in [4.69, 9.17) is 14.2 Å². The van der Waals surface area contributed by atoms with Crippen molar-refractivity contribution >= 4 is 0 Å². The van der Waals surface area contributed by atoms with Gasteiger partial charge in [0.1, 0.15) is 0 Å². The molecule has 0 atom stereocenters. The molecule has 0 aliphatic carbocycles. The summed E-state index contributed by atoms with van der Waals surface area (Å²) in [6.07, 6.45) is -4.42. The normalized spacial score (nSPS) is 11.3. The standard InChI is InChI=1S/C19H21F4NO3/c1-3-26-18-9-14(5-7-17(18)27-12-19(21,22)23)11-24-10-13-4-6-16(25-2)15(20)8-13/h4-9,24H,3,10-12H2,1-2H3. The molecule has 8 heteroatoms. The molecule has 2 aromatic rings. The van der Waals surface area contributed by atoms with E-state index in [1.807, 2.05) is 0 Å². The summed E-state index contributed by atoms with van der Waals surface area (Å²) in [5.41, 5.74) is 1.54. The number of hydrogen-bond donors (Lipinski definition) is 1. The molecular formula is C19H21F4NO3. The molecular weight excluding hydrogens is 366 g/mol. The SMILES string of the molecule is CCOc1cc(CNCc2ccc(OC)c(F)c2)ccc1OCC(F)(F)F. The minimum absolute atomic E-state index is 0.0372. The smallest absolute Gasteiger partial charge is 0.422 e. The first kappa shape index (κ1) is 20.8. The number of alkyl halides is 3. The largest absolute Gasteiger partial charge is 0.494 e. The molecule has 2 rings (SSSR count). The average Bonchev–Trinajstić information content (AvgIpc) is 2.61. The van der Waals surface area contributed by atoms with Crippen molar-refractivity contribution in [2.24, 2.45) is 0 Å². The Labute approximate surface area is 155 Å². The Hall–Kier alpha value is -2.48. The maximum atomic E-state index is 13.7. The van der Waals surface area contributed by atoms with Crippen molar-refractivity contribution in [2.75, 3.05) is 20.3 Å². The number of halogens is 4.